The molecule has 0 bridgehead atoms. The normalized spacial score (nSPS) is 35.0. The molecule has 0 aliphatic carbocycles. The van der Waals surface area contributed by atoms with Crippen LogP contribution < -0.4 is 5.32 Å². The lowest BCUT2D eigenvalue weighted by Gasteiger charge is -2.42. The zero-order chi connectivity index (χ0) is 13.9. The van der Waals surface area contributed by atoms with Gasteiger partial charge in [-0.1, -0.05) is 0 Å². The Morgan fingerprint density at radius 3 is 2.95 bits per heavy atom. The van der Waals surface area contributed by atoms with Crippen molar-refractivity contribution in [3.8, 4) is 0 Å². The van der Waals surface area contributed by atoms with E-state index in [0.29, 0.717) is 18.0 Å². The fourth-order valence-electron chi connectivity index (χ4n) is 4.18. The van der Waals surface area contributed by atoms with Crippen molar-refractivity contribution >= 4 is 5.91 Å². The SMILES string of the molecule is CC1CN2CCCC2CN1C(=O)CCC1CCCNC1. The lowest BCUT2D eigenvalue weighted by molar-refractivity contribution is -0.137. The van der Waals surface area contributed by atoms with Gasteiger partial charge in [0.1, 0.15) is 0 Å². The molecule has 20 heavy (non-hydrogen) atoms. The molecule has 3 fully saturated rings. The highest BCUT2D eigenvalue weighted by Crippen LogP contribution is 2.25. The number of amides is 1. The highest BCUT2D eigenvalue weighted by Gasteiger charge is 2.36. The van der Waals surface area contributed by atoms with Crippen LogP contribution in [0.25, 0.3) is 0 Å². The fourth-order valence-corrected chi connectivity index (χ4v) is 4.18. The molecule has 0 spiro atoms. The first-order valence-corrected chi connectivity index (χ1v) is 8.48. The predicted octanol–water partition coefficient (Wildman–Crippen LogP) is 1.46. The van der Waals surface area contributed by atoms with Crippen molar-refractivity contribution in [1.29, 1.82) is 0 Å². The molecule has 3 atom stereocenters. The molecular weight excluding hydrogens is 250 g/mol. The Morgan fingerprint density at radius 2 is 2.15 bits per heavy atom. The van der Waals surface area contributed by atoms with Crippen LogP contribution >= 0.6 is 0 Å². The molecule has 4 nitrogen and oxygen atoms in total. The first-order valence-electron chi connectivity index (χ1n) is 8.48. The predicted molar refractivity (Wildman–Crippen MR) is 80.6 cm³/mol. The molecule has 1 amide bonds. The van der Waals surface area contributed by atoms with Gasteiger partial charge in [-0.3, -0.25) is 9.69 Å². The molecule has 3 rings (SSSR count). The van der Waals surface area contributed by atoms with Crippen molar-refractivity contribution < 1.29 is 4.79 Å². The minimum absolute atomic E-state index is 0.398. The molecule has 0 aromatic rings. The number of piperidine rings is 1. The number of carbonyl (C=O) groups is 1. The van der Waals surface area contributed by atoms with E-state index in [-0.39, 0.29) is 0 Å². The molecule has 3 aliphatic rings. The van der Waals surface area contributed by atoms with Gasteiger partial charge in [0, 0.05) is 31.6 Å². The van der Waals surface area contributed by atoms with Crippen molar-refractivity contribution in [3.05, 3.63) is 0 Å². The van der Waals surface area contributed by atoms with Crippen LogP contribution in [0.1, 0.15) is 45.4 Å². The Labute approximate surface area is 122 Å². The van der Waals surface area contributed by atoms with Gasteiger partial charge in [-0.2, -0.15) is 0 Å². The van der Waals surface area contributed by atoms with E-state index in [0.717, 1.165) is 44.9 Å². The van der Waals surface area contributed by atoms with Gasteiger partial charge in [0.2, 0.25) is 5.91 Å². The first-order chi connectivity index (χ1) is 9.74. The summed E-state index contributed by atoms with van der Waals surface area (Å²) in [6.07, 6.45) is 6.99. The molecule has 114 valence electrons. The molecule has 3 aliphatic heterocycles. The lowest BCUT2D eigenvalue weighted by atomic mass is 9.94. The summed E-state index contributed by atoms with van der Waals surface area (Å²) in [6, 6.07) is 1.05. The van der Waals surface area contributed by atoms with Gasteiger partial charge < -0.3 is 10.2 Å². The lowest BCUT2D eigenvalue weighted by Crippen LogP contribution is -2.56. The average Bonchev–Trinajstić information content (AvgIpc) is 2.92. The fraction of sp³-hybridized carbons (Fsp3) is 0.938. The summed E-state index contributed by atoms with van der Waals surface area (Å²) in [5.74, 6) is 1.12. The van der Waals surface area contributed by atoms with Gasteiger partial charge in [0.15, 0.2) is 0 Å². The van der Waals surface area contributed by atoms with Crippen LogP contribution in [0.15, 0.2) is 0 Å². The second-order valence-corrected chi connectivity index (χ2v) is 6.94. The van der Waals surface area contributed by atoms with Crippen LogP contribution in [0.2, 0.25) is 0 Å². The third-order valence-electron chi connectivity index (χ3n) is 5.42. The molecule has 3 saturated heterocycles. The van der Waals surface area contributed by atoms with Gasteiger partial charge in [-0.25, -0.2) is 0 Å². The highest BCUT2D eigenvalue weighted by atomic mass is 16.2. The van der Waals surface area contributed by atoms with E-state index in [9.17, 15) is 4.79 Å². The van der Waals surface area contributed by atoms with E-state index in [4.69, 9.17) is 0 Å². The largest absolute Gasteiger partial charge is 0.337 e. The maximum atomic E-state index is 12.5. The maximum absolute atomic E-state index is 12.5. The van der Waals surface area contributed by atoms with Crippen molar-refractivity contribution in [1.82, 2.24) is 15.1 Å². The molecule has 4 heteroatoms. The zero-order valence-electron chi connectivity index (χ0n) is 12.8. The Balaban J connectivity index is 1.48. The molecular formula is C16H29N3O. The van der Waals surface area contributed by atoms with Crippen LogP contribution in [0.3, 0.4) is 0 Å². The Hall–Kier alpha value is -0.610. The number of nitrogens with one attached hydrogen (secondary N) is 1. The minimum atomic E-state index is 0.398. The van der Waals surface area contributed by atoms with Gasteiger partial charge in [0.25, 0.3) is 0 Å². The van der Waals surface area contributed by atoms with E-state index in [1.807, 2.05) is 0 Å². The van der Waals surface area contributed by atoms with Crippen LogP contribution in [0.5, 0.6) is 0 Å². The monoisotopic (exact) mass is 279 g/mol. The van der Waals surface area contributed by atoms with E-state index in [2.05, 4.69) is 22.0 Å². The summed E-state index contributed by atoms with van der Waals surface area (Å²) >= 11 is 0. The smallest absolute Gasteiger partial charge is 0.222 e. The number of piperazine rings is 1. The number of rotatable bonds is 3. The van der Waals surface area contributed by atoms with E-state index in [1.165, 1.54) is 32.2 Å². The van der Waals surface area contributed by atoms with Gasteiger partial charge in [-0.15, -0.1) is 0 Å². The van der Waals surface area contributed by atoms with Crippen molar-refractivity contribution in [2.45, 2.75) is 57.5 Å². The summed E-state index contributed by atoms with van der Waals surface area (Å²) in [5.41, 5.74) is 0. The van der Waals surface area contributed by atoms with Crippen LogP contribution in [-0.4, -0.2) is 60.5 Å². The van der Waals surface area contributed by atoms with Gasteiger partial charge in [0.05, 0.1) is 0 Å². The van der Waals surface area contributed by atoms with Gasteiger partial charge in [-0.05, 0) is 64.6 Å². The van der Waals surface area contributed by atoms with E-state index >= 15 is 0 Å². The van der Waals surface area contributed by atoms with Crippen molar-refractivity contribution in [2.75, 3.05) is 32.7 Å². The highest BCUT2D eigenvalue weighted by molar-refractivity contribution is 5.76. The number of hydrogen-bond donors (Lipinski definition) is 1. The Kier molecular flexibility index (Phi) is 4.61. The average molecular weight is 279 g/mol. The van der Waals surface area contributed by atoms with Crippen molar-refractivity contribution in [2.24, 2.45) is 5.92 Å². The molecule has 0 aromatic heterocycles. The Bertz CT molecular complexity index is 341. The van der Waals surface area contributed by atoms with E-state index in [1.54, 1.807) is 0 Å². The summed E-state index contributed by atoms with van der Waals surface area (Å²) in [7, 11) is 0. The Morgan fingerprint density at radius 1 is 1.25 bits per heavy atom. The van der Waals surface area contributed by atoms with Crippen molar-refractivity contribution in [3.63, 3.8) is 0 Å². The van der Waals surface area contributed by atoms with Gasteiger partial charge >= 0.3 is 0 Å². The van der Waals surface area contributed by atoms with Crippen LogP contribution in [0, 0.1) is 5.92 Å². The summed E-state index contributed by atoms with van der Waals surface area (Å²) in [5, 5.41) is 3.45. The summed E-state index contributed by atoms with van der Waals surface area (Å²) < 4.78 is 0. The molecule has 0 radical (unpaired) electrons. The maximum Gasteiger partial charge on any atom is 0.222 e. The first kappa shape index (κ1) is 14.3. The molecule has 1 N–H and O–H groups in total. The second-order valence-electron chi connectivity index (χ2n) is 6.94. The summed E-state index contributed by atoms with van der Waals surface area (Å²) in [6.45, 7) is 7.79. The molecule has 3 unspecified atom stereocenters. The molecule has 0 saturated carbocycles. The minimum Gasteiger partial charge on any atom is -0.337 e. The standard InChI is InChI=1S/C16H29N3O/c1-13-11-18-9-3-5-15(18)12-19(13)16(20)7-6-14-4-2-8-17-10-14/h13-15,17H,2-12H2,1H3. The quantitative estimate of drug-likeness (QED) is 0.849. The molecule has 3 heterocycles. The number of nitrogens with zero attached hydrogens (tertiary/aromatic N) is 2. The third kappa shape index (κ3) is 3.17. The van der Waals surface area contributed by atoms with Crippen LogP contribution in [-0.2, 0) is 4.79 Å². The number of carbonyl (C=O) groups excluding carboxylic acids is 1. The topological polar surface area (TPSA) is 35.6 Å². The number of hydrogen-bond acceptors (Lipinski definition) is 3. The van der Waals surface area contributed by atoms with Crippen LogP contribution in [0.4, 0.5) is 0 Å². The number of fused-ring (bicyclic) bond motifs is 1. The summed E-state index contributed by atoms with van der Waals surface area (Å²) in [4.78, 5) is 17.3. The zero-order valence-corrected chi connectivity index (χ0v) is 12.8. The molecule has 0 aromatic carbocycles. The second kappa shape index (κ2) is 6.44. The van der Waals surface area contributed by atoms with E-state index < -0.39 is 0 Å². The third-order valence-corrected chi connectivity index (χ3v) is 5.42.